The molecule has 41 heavy (non-hydrogen) atoms. The number of ether oxygens (including phenoxy) is 1. The van der Waals surface area contributed by atoms with Crippen LogP contribution in [0.4, 0.5) is 5.69 Å². The van der Waals surface area contributed by atoms with Crippen molar-refractivity contribution < 1.29 is 24.2 Å². The van der Waals surface area contributed by atoms with Gasteiger partial charge in [0.15, 0.2) is 0 Å². The van der Waals surface area contributed by atoms with Crippen LogP contribution in [0.25, 0.3) is 11.0 Å². The summed E-state index contributed by atoms with van der Waals surface area (Å²) in [7, 11) is 0. The fourth-order valence-electron chi connectivity index (χ4n) is 6.87. The molecule has 4 heterocycles. The molecule has 3 unspecified atom stereocenters. The van der Waals surface area contributed by atoms with Crippen LogP contribution in [0.15, 0.2) is 54.6 Å². The summed E-state index contributed by atoms with van der Waals surface area (Å²) < 4.78 is 8.15. The summed E-state index contributed by atoms with van der Waals surface area (Å²) in [5.74, 6) is -2.87. The molecule has 3 fully saturated rings. The van der Waals surface area contributed by atoms with Gasteiger partial charge in [-0.05, 0) is 36.6 Å². The number of halogens is 1. The zero-order chi connectivity index (χ0) is 28.9. The summed E-state index contributed by atoms with van der Waals surface area (Å²) >= 11 is 3.69. The van der Waals surface area contributed by atoms with Crippen molar-refractivity contribution in [3.8, 4) is 0 Å². The van der Waals surface area contributed by atoms with E-state index < -0.39 is 41.5 Å². The molecule has 6 rings (SSSR count). The maximum absolute atomic E-state index is 14.3. The van der Waals surface area contributed by atoms with Gasteiger partial charge in [-0.3, -0.25) is 14.4 Å². The van der Waals surface area contributed by atoms with E-state index in [9.17, 15) is 19.5 Å². The summed E-state index contributed by atoms with van der Waals surface area (Å²) in [6.07, 6.45) is 0.484. The molecule has 216 valence electrons. The van der Waals surface area contributed by atoms with Crippen LogP contribution in [0.5, 0.6) is 0 Å². The Balaban J connectivity index is 1.35. The van der Waals surface area contributed by atoms with E-state index in [0.717, 1.165) is 5.52 Å². The lowest BCUT2D eigenvalue weighted by atomic mass is 9.70. The van der Waals surface area contributed by atoms with E-state index in [1.54, 1.807) is 16.8 Å². The minimum absolute atomic E-state index is 0.0326. The van der Waals surface area contributed by atoms with Crippen molar-refractivity contribution in [3.63, 3.8) is 0 Å². The molecule has 0 aliphatic carbocycles. The standard InChI is InChI=1S/C29H33BrN6O5/c1-3-16(2)21(14-37)36-25(27(39)31-15-35-20-12-8-7-11-19(20)33-34-35)29-13-18(30)24(41-29)22(23(29)28(36)40)26(38)32-17-9-5-4-6-10-17/h4-12,16,18,21-25,37H,3,13-15H2,1-2H3,(H,31,39)(H,32,38)/t16-,18?,21-,22+,23-,24+,25?,29?/m0/s1. The van der Waals surface area contributed by atoms with Crippen molar-refractivity contribution in [2.45, 2.75) is 62.0 Å². The lowest BCUT2D eigenvalue weighted by molar-refractivity contribution is -0.146. The van der Waals surface area contributed by atoms with E-state index in [0.29, 0.717) is 24.0 Å². The second kappa shape index (κ2) is 10.8. The topological polar surface area (TPSA) is 139 Å². The number of carbonyl (C=O) groups is 3. The molecule has 1 aromatic heterocycles. The molecular formula is C29H33BrN6O5. The number of aromatic nitrogens is 3. The molecule has 0 saturated carbocycles. The van der Waals surface area contributed by atoms with E-state index in [1.807, 2.05) is 56.3 Å². The van der Waals surface area contributed by atoms with Gasteiger partial charge in [0.05, 0.1) is 36.1 Å². The van der Waals surface area contributed by atoms with Crippen molar-refractivity contribution in [1.82, 2.24) is 25.2 Å². The van der Waals surface area contributed by atoms with Crippen LogP contribution in [-0.2, 0) is 25.8 Å². The Kier molecular flexibility index (Phi) is 7.33. The Bertz CT molecular complexity index is 1470. The van der Waals surface area contributed by atoms with Crippen molar-refractivity contribution in [2.24, 2.45) is 17.8 Å². The Morgan fingerprint density at radius 1 is 1.17 bits per heavy atom. The molecule has 3 aliphatic heterocycles. The summed E-state index contributed by atoms with van der Waals surface area (Å²) in [6.45, 7) is 3.64. The van der Waals surface area contributed by atoms with Crippen LogP contribution >= 0.6 is 15.9 Å². The zero-order valence-corrected chi connectivity index (χ0v) is 24.4. The van der Waals surface area contributed by atoms with Gasteiger partial charge in [0.1, 0.15) is 23.8 Å². The van der Waals surface area contributed by atoms with E-state index in [2.05, 4.69) is 36.9 Å². The van der Waals surface area contributed by atoms with Crippen molar-refractivity contribution in [3.05, 3.63) is 54.6 Å². The highest BCUT2D eigenvalue weighted by molar-refractivity contribution is 9.09. The number of likely N-dealkylation sites (tertiary alicyclic amines) is 1. The third-order valence-electron chi connectivity index (χ3n) is 8.99. The van der Waals surface area contributed by atoms with Gasteiger partial charge in [0.2, 0.25) is 17.7 Å². The highest BCUT2D eigenvalue weighted by atomic mass is 79.9. The molecule has 1 spiro atoms. The largest absolute Gasteiger partial charge is 0.394 e. The number of hydrogen-bond donors (Lipinski definition) is 3. The third-order valence-corrected chi connectivity index (χ3v) is 9.83. The fourth-order valence-corrected chi connectivity index (χ4v) is 7.81. The number of aliphatic hydroxyl groups is 1. The van der Waals surface area contributed by atoms with Gasteiger partial charge in [-0.2, -0.15) is 0 Å². The van der Waals surface area contributed by atoms with Gasteiger partial charge in [0, 0.05) is 10.5 Å². The molecule has 8 atom stereocenters. The number of carbonyl (C=O) groups excluding carboxylic acids is 3. The molecule has 3 aliphatic rings. The minimum atomic E-state index is -1.23. The molecular weight excluding hydrogens is 592 g/mol. The summed E-state index contributed by atoms with van der Waals surface area (Å²) in [5, 5.41) is 24.7. The van der Waals surface area contributed by atoms with Gasteiger partial charge in [-0.15, -0.1) is 5.10 Å². The minimum Gasteiger partial charge on any atom is -0.394 e. The highest BCUT2D eigenvalue weighted by Gasteiger charge is 2.77. The molecule has 3 saturated heterocycles. The molecule has 0 radical (unpaired) electrons. The number of benzene rings is 2. The van der Waals surface area contributed by atoms with Gasteiger partial charge in [-0.25, -0.2) is 4.68 Å². The summed E-state index contributed by atoms with van der Waals surface area (Å²) in [5.41, 5.74) is 0.837. The highest BCUT2D eigenvalue weighted by Crippen LogP contribution is 2.60. The number of nitrogens with one attached hydrogen (secondary N) is 2. The molecule has 11 nitrogen and oxygen atoms in total. The summed E-state index contributed by atoms with van der Waals surface area (Å²) in [4.78, 5) is 43.4. The number of aliphatic hydroxyl groups excluding tert-OH is 1. The Morgan fingerprint density at radius 2 is 1.90 bits per heavy atom. The Labute approximate surface area is 245 Å². The fraction of sp³-hybridized carbons (Fsp3) is 0.483. The maximum Gasteiger partial charge on any atom is 0.247 e. The van der Waals surface area contributed by atoms with Gasteiger partial charge in [0.25, 0.3) is 0 Å². The Morgan fingerprint density at radius 3 is 2.63 bits per heavy atom. The number of fused-ring (bicyclic) bond motifs is 2. The molecule has 12 heteroatoms. The first-order valence-electron chi connectivity index (χ1n) is 14.0. The van der Waals surface area contributed by atoms with Crippen LogP contribution < -0.4 is 10.6 Å². The SMILES string of the molecule is CC[C@H](C)[C@H](CO)N1C(=O)[C@@H]2[C@@H](C(=O)Nc3ccccc3)[C@@H]3OC2(CC3Br)C1C(=O)NCn1nnc2ccccc21. The molecule has 3 N–H and O–H groups in total. The quantitative estimate of drug-likeness (QED) is 0.310. The normalized spacial score (nSPS) is 29.9. The number of rotatable bonds is 9. The van der Waals surface area contributed by atoms with E-state index >= 15 is 0 Å². The van der Waals surface area contributed by atoms with Crippen LogP contribution in [-0.4, -0.2) is 77.9 Å². The maximum atomic E-state index is 14.3. The van der Waals surface area contributed by atoms with E-state index in [1.165, 1.54) is 4.90 Å². The smallest absolute Gasteiger partial charge is 0.247 e. The number of nitrogens with zero attached hydrogens (tertiary/aromatic N) is 4. The molecule has 3 aromatic rings. The third kappa shape index (κ3) is 4.43. The van der Waals surface area contributed by atoms with Crippen LogP contribution in [0.1, 0.15) is 26.7 Å². The lowest BCUT2D eigenvalue weighted by Crippen LogP contribution is -2.59. The summed E-state index contributed by atoms with van der Waals surface area (Å²) in [6, 6.07) is 14.8. The average molecular weight is 626 g/mol. The van der Waals surface area contributed by atoms with Crippen LogP contribution in [0.2, 0.25) is 0 Å². The predicted octanol–water partition coefficient (Wildman–Crippen LogP) is 2.30. The first-order chi connectivity index (χ1) is 19.8. The van der Waals surface area contributed by atoms with Gasteiger partial charge >= 0.3 is 0 Å². The molecule has 2 aromatic carbocycles. The van der Waals surface area contributed by atoms with Crippen LogP contribution in [0, 0.1) is 17.8 Å². The van der Waals surface area contributed by atoms with E-state index in [4.69, 9.17) is 4.74 Å². The number of para-hydroxylation sites is 2. The lowest BCUT2D eigenvalue weighted by Gasteiger charge is -2.38. The number of amides is 3. The second-order valence-corrected chi connectivity index (χ2v) is 12.4. The zero-order valence-electron chi connectivity index (χ0n) is 22.8. The van der Waals surface area contributed by atoms with E-state index in [-0.39, 0.29) is 35.8 Å². The molecule has 3 amide bonds. The average Bonchev–Trinajstić information content (AvgIpc) is 3.70. The van der Waals surface area contributed by atoms with Gasteiger partial charge < -0.3 is 25.4 Å². The van der Waals surface area contributed by atoms with Crippen LogP contribution in [0.3, 0.4) is 0 Å². The van der Waals surface area contributed by atoms with Crippen molar-refractivity contribution >= 4 is 50.4 Å². The van der Waals surface area contributed by atoms with Crippen molar-refractivity contribution in [2.75, 3.05) is 11.9 Å². The molecule has 2 bridgehead atoms. The van der Waals surface area contributed by atoms with Crippen molar-refractivity contribution in [1.29, 1.82) is 0 Å². The monoisotopic (exact) mass is 624 g/mol. The first kappa shape index (κ1) is 27.8. The first-order valence-corrected chi connectivity index (χ1v) is 14.9. The number of alkyl halides is 1. The van der Waals surface area contributed by atoms with Gasteiger partial charge in [-0.1, -0.05) is 71.7 Å². The number of anilines is 1. The predicted molar refractivity (Wildman–Crippen MR) is 154 cm³/mol. The second-order valence-electron chi connectivity index (χ2n) is 11.2. The Hall–Kier alpha value is -3.35. The number of hydrogen-bond acceptors (Lipinski definition) is 7.